The van der Waals surface area contributed by atoms with Crippen LogP contribution in [0.4, 0.5) is 0 Å². The SMILES string of the molecule is CCC1(C)c2ccccc2-c2n(c3cc4c(cc3[n+]2C)C2CC3CC5CC4CC5C3C2)C1(C)CC. The molecule has 0 radical (unpaired) electrons. The summed E-state index contributed by atoms with van der Waals surface area (Å²) >= 11 is 0. The molecular formula is C33H41N2+. The summed E-state index contributed by atoms with van der Waals surface area (Å²) in [5, 5.41) is 0. The fraction of sp³-hybridized carbons (Fsp3) is 0.606. The van der Waals surface area contributed by atoms with E-state index in [0.717, 1.165) is 48.3 Å². The third-order valence-electron chi connectivity index (χ3n) is 12.7. The Morgan fingerprint density at radius 2 is 1.51 bits per heavy atom. The predicted octanol–water partition coefficient (Wildman–Crippen LogP) is 7.58. The predicted molar refractivity (Wildman–Crippen MR) is 143 cm³/mol. The first-order valence-electron chi connectivity index (χ1n) is 14.6. The summed E-state index contributed by atoms with van der Waals surface area (Å²) in [7, 11) is 2.34. The normalized spacial score (nSPS) is 40.0. The van der Waals surface area contributed by atoms with Crippen molar-refractivity contribution in [2.24, 2.45) is 30.7 Å². The topological polar surface area (TPSA) is 8.81 Å². The molecule has 0 amide bonds. The van der Waals surface area contributed by atoms with E-state index in [1.54, 1.807) is 17.5 Å². The van der Waals surface area contributed by atoms with Crippen molar-refractivity contribution >= 4 is 11.0 Å². The molecule has 1 aliphatic heterocycles. The third kappa shape index (κ3) is 2.28. The van der Waals surface area contributed by atoms with Crippen LogP contribution in [0.5, 0.6) is 0 Å². The van der Waals surface area contributed by atoms with Gasteiger partial charge in [0.05, 0.1) is 12.6 Å². The molecule has 2 heteroatoms. The maximum atomic E-state index is 2.80. The van der Waals surface area contributed by atoms with Crippen LogP contribution in [0, 0.1) is 23.7 Å². The molecule has 182 valence electrons. The minimum absolute atomic E-state index is 0.0407. The van der Waals surface area contributed by atoms with Crippen LogP contribution >= 0.6 is 0 Å². The monoisotopic (exact) mass is 465 g/mol. The van der Waals surface area contributed by atoms with Gasteiger partial charge in [0.25, 0.3) is 5.82 Å². The lowest BCUT2D eigenvalue weighted by atomic mass is 9.61. The van der Waals surface area contributed by atoms with Gasteiger partial charge < -0.3 is 0 Å². The zero-order valence-electron chi connectivity index (χ0n) is 22.3. The van der Waals surface area contributed by atoms with Gasteiger partial charge in [0.2, 0.25) is 0 Å². The van der Waals surface area contributed by atoms with Crippen molar-refractivity contribution in [1.82, 2.24) is 4.57 Å². The average Bonchev–Trinajstić information content (AvgIpc) is 3.62. The lowest BCUT2D eigenvalue weighted by molar-refractivity contribution is -0.634. The molecule has 4 aliphatic carbocycles. The van der Waals surface area contributed by atoms with Crippen LogP contribution in [-0.4, -0.2) is 4.57 Å². The molecule has 35 heavy (non-hydrogen) atoms. The highest BCUT2D eigenvalue weighted by Gasteiger charge is 2.57. The van der Waals surface area contributed by atoms with Gasteiger partial charge in [0.1, 0.15) is 5.54 Å². The first-order valence-corrected chi connectivity index (χ1v) is 14.6. The van der Waals surface area contributed by atoms with E-state index >= 15 is 0 Å². The van der Waals surface area contributed by atoms with Crippen molar-refractivity contribution in [3.05, 3.63) is 53.1 Å². The van der Waals surface area contributed by atoms with E-state index in [1.807, 2.05) is 0 Å². The summed E-state index contributed by atoms with van der Waals surface area (Å²) in [5.41, 5.74) is 9.55. The highest BCUT2D eigenvalue weighted by atomic mass is 15.2. The maximum absolute atomic E-state index is 2.80. The van der Waals surface area contributed by atoms with Crippen LogP contribution in [-0.2, 0) is 18.0 Å². The van der Waals surface area contributed by atoms with Gasteiger partial charge in [-0.05, 0) is 122 Å². The first kappa shape index (κ1) is 21.0. The molecule has 2 heterocycles. The number of imidazole rings is 1. The summed E-state index contributed by atoms with van der Waals surface area (Å²) in [6.07, 6.45) is 9.69. The standard InChI is InChI=1S/C33H41N2/c1-6-32(3)28-11-9-8-10-23(28)31-34(5)29-17-26-21-13-19-12-20-14-22(16-25(20)24(19)15-21)27(26)18-30(29)35(31)33(32,4)7-2/h8-11,17-22,24-25H,6-7,12-16H2,1-5H3/q+1. The molecule has 1 aromatic heterocycles. The molecule has 8 rings (SSSR count). The second kappa shape index (κ2) is 6.61. The second-order valence-corrected chi connectivity index (χ2v) is 13.5. The van der Waals surface area contributed by atoms with Crippen LogP contribution in [0.15, 0.2) is 36.4 Å². The Morgan fingerprint density at radius 1 is 0.857 bits per heavy atom. The Balaban J connectivity index is 1.46. The smallest absolute Gasteiger partial charge is 0.226 e. The van der Waals surface area contributed by atoms with Gasteiger partial charge in [-0.2, -0.15) is 0 Å². The molecule has 0 N–H and O–H groups in total. The summed E-state index contributed by atoms with van der Waals surface area (Å²) in [4.78, 5) is 0. The van der Waals surface area contributed by atoms with Crippen molar-refractivity contribution in [3.63, 3.8) is 0 Å². The maximum Gasteiger partial charge on any atom is 0.290 e. The molecule has 2 aromatic carbocycles. The molecular weight excluding hydrogens is 424 g/mol. The molecule has 8 unspecified atom stereocenters. The highest BCUT2D eigenvalue weighted by molar-refractivity contribution is 5.81. The molecule has 0 saturated heterocycles. The summed E-state index contributed by atoms with van der Waals surface area (Å²) in [5.74, 6) is 7.13. The molecule has 3 saturated carbocycles. The van der Waals surface area contributed by atoms with Crippen molar-refractivity contribution in [3.8, 4) is 11.4 Å². The Morgan fingerprint density at radius 3 is 2.17 bits per heavy atom. The summed E-state index contributed by atoms with van der Waals surface area (Å²) in [6.45, 7) is 9.90. The van der Waals surface area contributed by atoms with Gasteiger partial charge in [-0.15, -0.1) is 0 Å². The van der Waals surface area contributed by atoms with Gasteiger partial charge in [0, 0.05) is 5.41 Å². The number of nitrogens with zero attached hydrogens (tertiary/aromatic N) is 2. The fourth-order valence-electron chi connectivity index (χ4n) is 10.6. The Hall–Kier alpha value is -2.09. The minimum Gasteiger partial charge on any atom is -0.226 e. The minimum atomic E-state index is 0.0407. The number of aryl methyl sites for hydroxylation is 1. The third-order valence-corrected chi connectivity index (χ3v) is 12.7. The van der Waals surface area contributed by atoms with Crippen LogP contribution in [0.3, 0.4) is 0 Å². The van der Waals surface area contributed by atoms with Gasteiger partial charge in [-0.3, -0.25) is 0 Å². The summed E-state index contributed by atoms with van der Waals surface area (Å²) < 4.78 is 5.36. The van der Waals surface area contributed by atoms with Crippen molar-refractivity contribution in [2.75, 3.05) is 0 Å². The zero-order chi connectivity index (χ0) is 23.9. The van der Waals surface area contributed by atoms with E-state index in [9.17, 15) is 0 Å². The van der Waals surface area contributed by atoms with Crippen LogP contribution in [0.1, 0.15) is 101 Å². The van der Waals surface area contributed by atoms with E-state index < -0.39 is 0 Å². The lowest BCUT2D eigenvalue weighted by Gasteiger charge is -2.47. The molecule has 8 atom stereocenters. The fourth-order valence-corrected chi connectivity index (χ4v) is 10.6. The van der Waals surface area contributed by atoms with E-state index in [4.69, 9.17) is 0 Å². The van der Waals surface area contributed by atoms with Gasteiger partial charge in [0.15, 0.2) is 11.0 Å². The zero-order valence-corrected chi connectivity index (χ0v) is 22.3. The number of fused-ring (bicyclic) bond motifs is 10. The van der Waals surface area contributed by atoms with Crippen LogP contribution < -0.4 is 4.57 Å². The molecule has 5 aliphatic rings. The number of hydrogen-bond donors (Lipinski definition) is 0. The van der Waals surface area contributed by atoms with E-state index in [0.29, 0.717) is 0 Å². The Bertz CT molecular complexity index is 1400. The molecule has 0 spiro atoms. The van der Waals surface area contributed by atoms with Crippen molar-refractivity contribution < 1.29 is 4.57 Å². The summed E-state index contributed by atoms with van der Waals surface area (Å²) in [6, 6.07) is 14.7. The molecule has 3 aromatic rings. The Kier molecular flexibility index (Phi) is 3.97. The highest BCUT2D eigenvalue weighted by Crippen LogP contribution is 2.65. The average molecular weight is 466 g/mol. The van der Waals surface area contributed by atoms with Crippen LogP contribution in [0.2, 0.25) is 0 Å². The molecule has 2 nitrogen and oxygen atoms in total. The van der Waals surface area contributed by atoms with Crippen molar-refractivity contribution in [2.45, 2.75) is 95.4 Å². The van der Waals surface area contributed by atoms with E-state index in [-0.39, 0.29) is 11.0 Å². The number of rotatable bonds is 2. The molecule has 3 fully saturated rings. The van der Waals surface area contributed by atoms with Gasteiger partial charge in [-0.1, -0.05) is 39.0 Å². The quantitative estimate of drug-likeness (QED) is 0.345. The van der Waals surface area contributed by atoms with Gasteiger partial charge in [-0.25, -0.2) is 9.13 Å². The van der Waals surface area contributed by atoms with Crippen LogP contribution in [0.25, 0.3) is 22.4 Å². The number of aromatic nitrogens is 2. The van der Waals surface area contributed by atoms with Gasteiger partial charge >= 0.3 is 0 Å². The second-order valence-electron chi connectivity index (χ2n) is 13.5. The molecule has 4 bridgehead atoms. The first-order chi connectivity index (χ1) is 16.9. The van der Waals surface area contributed by atoms with E-state index in [2.05, 4.69) is 80.3 Å². The van der Waals surface area contributed by atoms with Crippen molar-refractivity contribution in [1.29, 1.82) is 0 Å². The van der Waals surface area contributed by atoms with E-state index in [1.165, 1.54) is 53.7 Å². The lowest BCUT2D eigenvalue weighted by Crippen LogP contribution is -2.53. The number of hydrogen-bond acceptors (Lipinski definition) is 0. The number of benzene rings is 2. The Labute approximate surface area is 210 Å². The largest absolute Gasteiger partial charge is 0.290 e.